The Labute approximate surface area is 93.3 Å². The van der Waals surface area contributed by atoms with Crippen LogP contribution in [0.1, 0.15) is 18.9 Å². The first-order valence-corrected chi connectivity index (χ1v) is 5.02. The minimum absolute atomic E-state index is 0.150. The van der Waals surface area contributed by atoms with Crippen molar-refractivity contribution in [3.8, 4) is 0 Å². The molecule has 16 heavy (non-hydrogen) atoms. The first-order chi connectivity index (χ1) is 7.52. The Kier molecular flexibility index (Phi) is 4.04. The number of amides is 1. The van der Waals surface area contributed by atoms with E-state index in [1.165, 1.54) is 0 Å². The summed E-state index contributed by atoms with van der Waals surface area (Å²) < 4.78 is 1.59. The number of nitrogens with zero attached hydrogens (tertiary/aromatic N) is 2. The molecular formula is C10H15N3O3. The molecular weight excluding hydrogens is 210 g/mol. The summed E-state index contributed by atoms with van der Waals surface area (Å²) in [6, 6.07) is -0.816. The molecule has 1 heterocycles. The quantitative estimate of drug-likeness (QED) is 0.735. The monoisotopic (exact) mass is 225 g/mol. The topological polar surface area (TPSA) is 84.2 Å². The molecule has 0 bridgehead atoms. The van der Waals surface area contributed by atoms with E-state index >= 15 is 0 Å². The van der Waals surface area contributed by atoms with E-state index in [0.29, 0.717) is 6.42 Å². The highest BCUT2D eigenvalue weighted by Crippen LogP contribution is 1.99. The minimum atomic E-state index is -1.01. The average Bonchev–Trinajstić information content (AvgIpc) is 2.60. The van der Waals surface area contributed by atoms with Crippen LogP contribution in [0.15, 0.2) is 12.4 Å². The summed E-state index contributed by atoms with van der Waals surface area (Å²) >= 11 is 0. The number of carbonyl (C=O) groups is 2. The Balaban J connectivity index is 2.50. The summed E-state index contributed by atoms with van der Waals surface area (Å²) in [5, 5.41) is 15.1. The van der Waals surface area contributed by atoms with Crippen LogP contribution in [0.2, 0.25) is 0 Å². The molecule has 1 aromatic rings. The summed E-state index contributed by atoms with van der Waals surface area (Å²) in [5.41, 5.74) is 0.764. The van der Waals surface area contributed by atoms with Crippen molar-refractivity contribution >= 4 is 11.9 Å². The van der Waals surface area contributed by atoms with Crippen molar-refractivity contribution in [3.05, 3.63) is 18.0 Å². The maximum absolute atomic E-state index is 11.5. The lowest BCUT2D eigenvalue weighted by Gasteiger charge is -2.11. The van der Waals surface area contributed by atoms with Crippen LogP contribution in [0.4, 0.5) is 0 Å². The van der Waals surface area contributed by atoms with Gasteiger partial charge in [0, 0.05) is 13.2 Å². The van der Waals surface area contributed by atoms with E-state index < -0.39 is 12.0 Å². The fourth-order valence-electron chi connectivity index (χ4n) is 1.33. The van der Waals surface area contributed by atoms with Gasteiger partial charge in [0.25, 0.3) is 0 Å². The van der Waals surface area contributed by atoms with Crippen molar-refractivity contribution in [1.82, 2.24) is 15.1 Å². The maximum atomic E-state index is 11.5. The fourth-order valence-corrected chi connectivity index (χ4v) is 1.33. The summed E-state index contributed by atoms with van der Waals surface area (Å²) in [7, 11) is 1.76. The molecule has 0 saturated carbocycles. The molecule has 0 aromatic carbocycles. The second kappa shape index (κ2) is 5.29. The standard InChI is InChI=1S/C10H15N3O3/c1-3-8(10(15)16)12-9(14)4-7-5-11-13(2)6-7/h5-6,8H,3-4H2,1-2H3,(H,12,14)(H,15,16)/t8-/m1/s1. The summed E-state index contributed by atoms with van der Waals surface area (Å²) in [6.07, 6.45) is 3.83. The molecule has 1 aromatic heterocycles. The molecule has 0 unspecified atom stereocenters. The highest BCUT2D eigenvalue weighted by Gasteiger charge is 2.17. The first kappa shape index (κ1) is 12.2. The van der Waals surface area contributed by atoms with E-state index in [1.54, 1.807) is 31.0 Å². The van der Waals surface area contributed by atoms with Gasteiger partial charge < -0.3 is 10.4 Å². The molecule has 1 amide bonds. The van der Waals surface area contributed by atoms with E-state index in [1.807, 2.05) is 0 Å². The zero-order valence-corrected chi connectivity index (χ0v) is 9.30. The Morgan fingerprint density at radius 2 is 2.31 bits per heavy atom. The van der Waals surface area contributed by atoms with Crippen LogP contribution in [0.3, 0.4) is 0 Å². The van der Waals surface area contributed by atoms with Crippen LogP contribution in [0.5, 0.6) is 0 Å². The zero-order chi connectivity index (χ0) is 12.1. The lowest BCUT2D eigenvalue weighted by molar-refractivity contribution is -0.141. The highest BCUT2D eigenvalue weighted by molar-refractivity contribution is 5.84. The largest absolute Gasteiger partial charge is 0.480 e. The Bertz CT molecular complexity index is 386. The number of hydrogen-bond donors (Lipinski definition) is 2. The van der Waals surface area contributed by atoms with E-state index in [2.05, 4.69) is 10.4 Å². The van der Waals surface area contributed by atoms with Crippen molar-refractivity contribution in [2.75, 3.05) is 0 Å². The summed E-state index contributed by atoms with van der Waals surface area (Å²) in [4.78, 5) is 22.2. The van der Waals surface area contributed by atoms with Crippen molar-refractivity contribution in [2.45, 2.75) is 25.8 Å². The highest BCUT2D eigenvalue weighted by atomic mass is 16.4. The number of rotatable bonds is 5. The lowest BCUT2D eigenvalue weighted by atomic mass is 10.2. The predicted molar refractivity (Wildman–Crippen MR) is 56.8 cm³/mol. The molecule has 0 fully saturated rings. The maximum Gasteiger partial charge on any atom is 0.326 e. The third kappa shape index (κ3) is 3.38. The number of aliphatic carboxylic acids is 1. The Morgan fingerprint density at radius 1 is 1.62 bits per heavy atom. The van der Waals surface area contributed by atoms with E-state index in [-0.39, 0.29) is 12.3 Å². The van der Waals surface area contributed by atoms with Gasteiger partial charge in [0.15, 0.2) is 0 Å². The molecule has 0 aliphatic heterocycles. The van der Waals surface area contributed by atoms with Gasteiger partial charge in [-0.25, -0.2) is 4.79 Å². The molecule has 88 valence electrons. The van der Waals surface area contributed by atoms with Gasteiger partial charge in [0.05, 0.1) is 12.6 Å². The van der Waals surface area contributed by atoms with Crippen LogP contribution >= 0.6 is 0 Å². The number of aryl methyl sites for hydroxylation is 1. The number of carboxylic acid groups (broad SMARTS) is 1. The first-order valence-electron chi connectivity index (χ1n) is 5.02. The van der Waals surface area contributed by atoms with Crippen molar-refractivity contribution < 1.29 is 14.7 Å². The van der Waals surface area contributed by atoms with Gasteiger partial charge in [0.1, 0.15) is 6.04 Å². The molecule has 0 spiro atoms. The van der Waals surface area contributed by atoms with E-state index in [9.17, 15) is 9.59 Å². The van der Waals surface area contributed by atoms with E-state index in [4.69, 9.17) is 5.11 Å². The number of nitrogens with one attached hydrogen (secondary N) is 1. The second-order valence-corrected chi connectivity index (χ2v) is 3.57. The van der Waals surface area contributed by atoms with Gasteiger partial charge in [-0.15, -0.1) is 0 Å². The van der Waals surface area contributed by atoms with Crippen molar-refractivity contribution in [1.29, 1.82) is 0 Å². The van der Waals surface area contributed by atoms with Gasteiger partial charge in [-0.05, 0) is 12.0 Å². The van der Waals surface area contributed by atoms with Gasteiger partial charge in [-0.1, -0.05) is 6.92 Å². The third-order valence-electron chi connectivity index (χ3n) is 2.16. The fraction of sp³-hybridized carbons (Fsp3) is 0.500. The van der Waals surface area contributed by atoms with Gasteiger partial charge in [-0.2, -0.15) is 5.10 Å². The molecule has 2 N–H and O–H groups in total. The van der Waals surface area contributed by atoms with Gasteiger partial charge >= 0.3 is 5.97 Å². The van der Waals surface area contributed by atoms with Crippen LogP contribution in [0, 0.1) is 0 Å². The second-order valence-electron chi connectivity index (χ2n) is 3.57. The van der Waals surface area contributed by atoms with Crippen LogP contribution in [0.25, 0.3) is 0 Å². The summed E-state index contributed by atoms with van der Waals surface area (Å²) in [5.74, 6) is -1.32. The van der Waals surface area contributed by atoms with Crippen molar-refractivity contribution in [2.24, 2.45) is 7.05 Å². The van der Waals surface area contributed by atoms with Crippen LogP contribution in [-0.2, 0) is 23.1 Å². The number of carbonyl (C=O) groups excluding carboxylic acids is 1. The zero-order valence-electron chi connectivity index (χ0n) is 9.30. The number of aromatic nitrogens is 2. The third-order valence-corrected chi connectivity index (χ3v) is 2.16. The van der Waals surface area contributed by atoms with Crippen LogP contribution < -0.4 is 5.32 Å². The van der Waals surface area contributed by atoms with Crippen molar-refractivity contribution in [3.63, 3.8) is 0 Å². The van der Waals surface area contributed by atoms with E-state index in [0.717, 1.165) is 5.56 Å². The molecule has 1 rings (SSSR count). The molecule has 6 heteroatoms. The Hall–Kier alpha value is -1.85. The molecule has 0 saturated heterocycles. The lowest BCUT2D eigenvalue weighted by Crippen LogP contribution is -2.40. The molecule has 6 nitrogen and oxygen atoms in total. The van der Waals surface area contributed by atoms with Gasteiger partial charge in [0.2, 0.25) is 5.91 Å². The minimum Gasteiger partial charge on any atom is -0.480 e. The normalized spacial score (nSPS) is 12.1. The molecule has 0 aliphatic carbocycles. The van der Waals surface area contributed by atoms with Crippen LogP contribution in [-0.4, -0.2) is 32.8 Å². The number of carboxylic acids is 1. The molecule has 0 aliphatic rings. The molecule has 1 atom stereocenters. The summed E-state index contributed by atoms with van der Waals surface area (Å²) in [6.45, 7) is 1.71. The number of hydrogen-bond acceptors (Lipinski definition) is 3. The SMILES string of the molecule is CC[C@@H](NC(=O)Cc1cnn(C)c1)C(=O)O. The van der Waals surface area contributed by atoms with Gasteiger partial charge in [-0.3, -0.25) is 9.48 Å². The molecule has 0 radical (unpaired) electrons. The average molecular weight is 225 g/mol. The predicted octanol–water partition coefficient (Wildman–Crippen LogP) is -0.0580. The Morgan fingerprint density at radius 3 is 2.75 bits per heavy atom. The smallest absolute Gasteiger partial charge is 0.326 e.